The zero-order valence-corrected chi connectivity index (χ0v) is 12.0. The summed E-state index contributed by atoms with van der Waals surface area (Å²) in [6.45, 7) is 4.32. The monoisotopic (exact) mass is 266 g/mol. The van der Waals surface area contributed by atoms with Crippen LogP contribution in [-0.2, 0) is 4.79 Å². The molecule has 1 aromatic rings. The van der Waals surface area contributed by atoms with Gasteiger partial charge in [0.05, 0.1) is 5.92 Å². The Labute approximate surface area is 113 Å². The van der Waals surface area contributed by atoms with Crippen LogP contribution in [0.1, 0.15) is 55.4 Å². The second-order valence-corrected chi connectivity index (χ2v) is 6.43. The highest BCUT2D eigenvalue weighted by molar-refractivity contribution is 7.10. The topological polar surface area (TPSA) is 37.3 Å². The average molecular weight is 266 g/mol. The SMILES string of the molecule is CCCC1CCC(C(=O)O)C(c2sccc2C)C1. The van der Waals surface area contributed by atoms with Crippen LogP contribution in [0.15, 0.2) is 11.4 Å². The standard InChI is InChI=1S/C15H22O2S/c1-3-4-11-5-6-12(15(16)17)13(9-11)14-10(2)7-8-18-14/h7-8,11-13H,3-6,9H2,1-2H3,(H,16,17). The van der Waals surface area contributed by atoms with E-state index in [1.807, 2.05) is 0 Å². The number of carboxylic acids is 1. The number of hydrogen-bond donors (Lipinski definition) is 1. The van der Waals surface area contributed by atoms with Gasteiger partial charge in [-0.2, -0.15) is 0 Å². The second kappa shape index (κ2) is 5.87. The first-order valence-corrected chi connectivity index (χ1v) is 7.78. The van der Waals surface area contributed by atoms with E-state index in [1.165, 1.54) is 23.3 Å². The summed E-state index contributed by atoms with van der Waals surface area (Å²) in [7, 11) is 0. The molecule has 0 aliphatic heterocycles. The lowest BCUT2D eigenvalue weighted by molar-refractivity contribution is -0.143. The summed E-state index contributed by atoms with van der Waals surface area (Å²) in [6, 6.07) is 2.11. The first-order valence-electron chi connectivity index (χ1n) is 6.90. The maximum Gasteiger partial charge on any atom is 0.307 e. The molecule has 0 bridgehead atoms. The largest absolute Gasteiger partial charge is 0.481 e. The van der Waals surface area contributed by atoms with E-state index in [1.54, 1.807) is 11.3 Å². The molecule has 1 aliphatic carbocycles. The third-order valence-corrected chi connectivity index (χ3v) is 5.36. The molecule has 100 valence electrons. The van der Waals surface area contributed by atoms with Gasteiger partial charge in [0.2, 0.25) is 0 Å². The van der Waals surface area contributed by atoms with E-state index in [9.17, 15) is 9.90 Å². The Bertz CT molecular complexity index is 410. The van der Waals surface area contributed by atoms with Gasteiger partial charge in [0.25, 0.3) is 0 Å². The molecule has 18 heavy (non-hydrogen) atoms. The van der Waals surface area contributed by atoms with Gasteiger partial charge >= 0.3 is 5.97 Å². The lowest BCUT2D eigenvalue weighted by atomic mass is 9.71. The molecule has 1 aromatic heterocycles. The summed E-state index contributed by atoms with van der Waals surface area (Å²) < 4.78 is 0. The third kappa shape index (κ3) is 2.77. The fourth-order valence-electron chi connectivity index (χ4n) is 3.28. The Morgan fingerprint density at radius 2 is 2.28 bits per heavy atom. The Morgan fingerprint density at radius 3 is 2.83 bits per heavy atom. The van der Waals surface area contributed by atoms with E-state index in [-0.39, 0.29) is 11.8 Å². The maximum atomic E-state index is 11.4. The van der Waals surface area contributed by atoms with Crippen molar-refractivity contribution in [2.45, 2.75) is 51.9 Å². The molecule has 0 aromatic carbocycles. The zero-order chi connectivity index (χ0) is 13.1. The quantitative estimate of drug-likeness (QED) is 0.874. The Kier molecular flexibility index (Phi) is 4.44. The minimum absolute atomic E-state index is 0.171. The molecule has 0 saturated heterocycles. The maximum absolute atomic E-state index is 11.4. The summed E-state index contributed by atoms with van der Waals surface area (Å²) in [5.74, 6) is 0.183. The van der Waals surface area contributed by atoms with Gasteiger partial charge in [0, 0.05) is 10.8 Å². The van der Waals surface area contributed by atoms with Crippen LogP contribution in [0.2, 0.25) is 0 Å². The van der Waals surface area contributed by atoms with Crippen LogP contribution in [-0.4, -0.2) is 11.1 Å². The van der Waals surface area contributed by atoms with Crippen molar-refractivity contribution in [3.05, 3.63) is 21.9 Å². The smallest absolute Gasteiger partial charge is 0.307 e. The lowest BCUT2D eigenvalue weighted by Crippen LogP contribution is -2.29. The van der Waals surface area contributed by atoms with Crippen LogP contribution in [0, 0.1) is 18.8 Å². The Balaban J connectivity index is 2.20. The molecule has 2 rings (SSSR count). The minimum atomic E-state index is -0.609. The normalized spacial score (nSPS) is 28.2. The molecular formula is C15H22O2S. The van der Waals surface area contributed by atoms with Gasteiger partial charge in [0.15, 0.2) is 0 Å². The van der Waals surface area contributed by atoms with Gasteiger partial charge < -0.3 is 5.11 Å². The minimum Gasteiger partial charge on any atom is -0.481 e. The highest BCUT2D eigenvalue weighted by atomic mass is 32.1. The third-order valence-electron chi connectivity index (χ3n) is 4.21. The molecule has 3 heteroatoms. The van der Waals surface area contributed by atoms with Gasteiger partial charge in [0.1, 0.15) is 0 Å². The van der Waals surface area contributed by atoms with Crippen LogP contribution in [0.3, 0.4) is 0 Å². The molecule has 1 saturated carbocycles. The summed E-state index contributed by atoms with van der Waals surface area (Å²) in [5, 5.41) is 11.5. The van der Waals surface area contributed by atoms with Crippen molar-refractivity contribution in [2.24, 2.45) is 11.8 Å². The number of rotatable bonds is 4. The first-order chi connectivity index (χ1) is 8.63. The summed E-state index contributed by atoms with van der Waals surface area (Å²) in [6.07, 6.45) is 5.45. The van der Waals surface area contributed by atoms with Gasteiger partial charge in [-0.05, 0) is 49.1 Å². The summed E-state index contributed by atoms with van der Waals surface area (Å²) in [5.41, 5.74) is 1.27. The molecule has 2 nitrogen and oxygen atoms in total. The van der Waals surface area contributed by atoms with Crippen molar-refractivity contribution < 1.29 is 9.90 Å². The molecule has 1 N–H and O–H groups in total. The number of thiophene rings is 1. The van der Waals surface area contributed by atoms with E-state index in [0.717, 1.165) is 25.2 Å². The molecule has 1 fully saturated rings. The highest BCUT2D eigenvalue weighted by Gasteiger charge is 2.36. The number of carbonyl (C=O) groups is 1. The van der Waals surface area contributed by atoms with Gasteiger partial charge in [-0.3, -0.25) is 4.79 Å². The predicted molar refractivity (Wildman–Crippen MR) is 75.2 cm³/mol. The van der Waals surface area contributed by atoms with Gasteiger partial charge in [-0.15, -0.1) is 11.3 Å². The van der Waals surface area contributed by atoms with E-state index in [2.05, 4.69) is 25.3 Å². The van der Waals surface area contributed by atoms with E-state index >= 15 is 0 Å². The van der Waals surface area contributed by atoms with Crippen molar-refractivity contribution in [1.82, 2.24) is 0 Å². The van der Waals surface area contributed by atoms with Crippen molar-refractivity contribution in [3.8, 4) is 0 Å². The summed E-state index contributed by atoms with van der Waals surface area (Å²) >= 11 is 1.73. The van der Waals surface area contributed by atoms with Crippen molar-refractivity contribution in [1.29, 1.82) is 0 Å². The van der Waals surface area contributed by atoms with E-state index in [4.69, 9.17) is 0 Å². The van der Waals surface area contributed by atoms with Crippen LogP contribution < -0.4 is 0 Å². The fraction of sp³-hybridized carbons (Fsp3) is 0.667. The number of aryl methyl sites for hydroxylation is 1. The molecule has 1 aliphatic rings. The zero-order valence-electron chi connectivity index (χ0n) is 11.2. The molecule has 3 unspecified atom stereocenters. The van der Waals surface area contributed by atoms with Crippen LogP contribution in [0.5, 0.6) is 0 Å². The van der Waals surface area contributed by atoms with Crippen LogP contribution in [0.25, 0.3) is 0 Å². The predicted octanol–water partition coefficient (Wildman–Crippen LogP) is 4.44. The first kappa shape index (κ1) is 13.6. The Morgan fingerprint density at radius 1 is 1.50 bits per heavy atom. The molecule has 0 spiro atoms. The van der Waals surface area contributed by atoms with Crippen molar-refractivity contribution in [3.63, 3.8) is 0 Å². The van der Waals surface area contributed by atoms with E-state index < -0.39 is 5.97 Å². The number of carboxylic acid groups (broad SMARTS) is 1. The average Bonchev–Trinajstić information content (AvgIpc) is 2.75. The fourth-order valence-corrected chi connectivity index (χ4v) is 4.39. The second-order valence-electron chi connectivity index (χ2n) is 5.49. The van der Waals surface area contributed by atoms with E-state index in [0.29, 0.717) is 0 Å². The number of hydrogen-bond acceptors (Lipinski definition) is 2. The van der Waals surface area contributed by atoms with Crippen molar-refractivity contribution in [2.75, 3.05) is 0 Å². The van der Waals surface area contributed by atoms with Crippen LogP contribution >= 0.6 is 11.3 Å². The highest BCUT2D eigenvalue weighted by Crippen LogP contribution is 2.44. The molecule has 0 radical (unpaired) electrons. The lowest BCUT2D eigenvalue weighted by Gasteiger charge is -2.34. The van der Waals surface area contributed by atoms with Gasteiger partial charge in [-0.25, -0.2) is 0 Å². The number of aliphatic carboxylic acids is 1. The molecular weight excluding hydrogens is 244 g/mol. The molecule has 0 amide bonds. The Hall–Kier alpha value is -0.830. The molecule has 1 heterocycles. The van der Waals surface area contributed by atoms with Crippen LogP contribution in [0.4, 0.5) is 0 Å². The summed E-state index contributed by atoms with van der Waals surface area (Å²) in [4.78, 5) is 12.7. The van der Waals surface area contributed by atoms with Crippen molar-refractivity contribution >= 4 is 17.3 Å². The molecule has 3 atom stereocenters. The van der Waals surface area contributed by atoms with Gasteiger partial charge in [-0.1, -0.05) is 19.8 Å².